The Bertz CT molecular complexity index is 600. The van der Waals surface area contributed by atoms with Crippen LogP contribution in [0.15, 0.2) is 30.3 Å². The van der Waals surface area contributed by atoms with Crippen LogP contribution in [-0.4, -0.2) is 16.1 Å². The molecule has 0 unspecified atom stereocenters. The number of benzene rings is 1. The third kappa shape index (κ3) is 2.61. The number of nitrogens with zero attached hydrogens (tertiary/aromatic N) is 1. The van der Waals surface area contributed by atoms with Gasteiger partial charge in [0, 0.05) is 11.5 Å². The number of aromatic carboxylic acids is 1. The zero-order valence-electron chi connectivity index (χ0n) is 11.2. The molecule has 2 aromatic rings. The van der Waals surface area contributed by atoms with Crippen LogP contribution >= 0.6 is 11.3 Å². The third-order valence-electron chi connectivity index (χ3n) is 3.84. The minimum absolute atomic E-state index is 0.372. The summed E-state index contributed by atoms with van der Waals surface area (Å²) >= 11 is 1.36. The van der Waals surface area contributed by atoms with Crippen molar-refractivity contribution in [2.24, 2.45) is 0 Å². The second-order valence-electron chi connectivity index (χ2n) is 5.24. The third-order valence-corrected chi connectivity index (χ3v) is 5.05. The number of rotatable bonds is 3. The van der Waals surface area contributed by atoms with Gasteiger partial charge < -0.3 is 5.11 Å². The van der Waals surface area contributed by atoms with E-state index in [2.05, 4.69) is 4.98 Å². The van der Waals surface area contributed by atoms with Crippen LogP contribution in [0.2, 0.25) is 0 Å². The number of hydrogen-bond acceptors (Lipinski definition) is 3. The minimum Gasteiger partial charge on any atom is -0.477 e. The summed E-state index contributed by atoms with van der Waals surface area (Å²) in [6.45, 7) is 0. The van der Waals surface area contributed by atoms with Gasteiger partial charge in [-0.05, 0) is 12.8 Å². The van der Waals surface area contributed by atoms with Gasteiger partial charge in [0.1, 0.15) is 4.88 Å². The quantitative estimate of drug-likeness (QED) is 0.900. The number of aromatic nitrogens is 1. The van der Waals surface area contributed by atoms with Crippen molar-refractivity contribution in [3.8, 4) is 11.3 Å². The Morgan fingerprint density at radius 2 is 1.85 bits per heavy atom. The molecule has 1 fully saturated rings. The van der Waals surface area contributed by atoms with Gasteiger partial charge in [0.2, 0.25) is 0 Å². The summed E-state index contributed by atoms with van der Waals surface area (Å²) in [6, 6.07) is 9.61. The molecule has 0 amide bonds. The van der Waals surface area contributed by atoms with Crippen LogP contribution in [-0.2, 0) is 0 Å². The van der Waals surface area contributed by atoms with Gasteiger partial charge in [-0.1, -0.05) is 49.6 Å². The number of carboxylic acids is 1. The fraction of sp³-hybridized carbons (Fsp3) is 0.375. The molecular weight excluding hydrogens is 270 g/mol. The number of hydrogen-bond donors (Lipinski definition) is 1. The first kappa shape index (κ1) is 13.3. The van der Waals surface area contributed by atoms with Gasteiger partial charge in [-0.3, -0.25) is 0 Å². The lowest BCUT2D eigenvalue weighted by atomic mass is 9.90. The van der Waals surface area contributed by atoms with Crippen LogP contribution in [0.3, 0.4) is 0 Å². The average molecular weight is 287 g/mol. The lowest BCUT2D eigenvalue weighted by Gasteiger charge is -2.18. The second-order valence-corrected chi connectivity index (χ2v) is 6.27. The molecule has 0 aliphatic heterocycles. The molecule has 3 nitrogen and oxygen atoms in total. The summed E-state index contributed by atoms with van der Waals surface area (Å²) in [7, 11) is 0. The van der Waals surface area contributed by atoms with E-state index in [4.69, 9.17) is 0 Å². The Labute approximate surface area is 122 Å². The van der Waals surface area contributed by atoms with E-state index in [0.717, 1.165) is 23.4 Å². The fourth-order valence-electron chi connectivity index (χ4n) is 2.80. The molecule has 1 aliphatic rings. The van der Waals surface area contributed by atoms with Crippen LogP contribution in [0.25, 0.3) is 11.3 Å². The predicted molar refractivity (Wildman–Crippen MR) is 80.3 cm³/mol. The van der Waals surface area contributed by atoms with Crippen LogP contribution in [0.5, 0.6) is 0 Å². The van der Waals surface area contributed by atoms with Gasteiger partial charge in [0.15, 0.2) is 0 Å². The van der Waals surface area contributed by atoms with E-state index in [-0.39, 0.29) is 0 Å². The highest BCUT2D eigenvalue weighted by atomic mass is 32.1. The van der Waals surface area contributed by atoms with Gasteiger partial charge in [0.25, 0.3) is 0 Å². The molecule has 1 aromatic heterocycles. The van der Waals surface area contributed by atoms with Crippen LogP contribution < -0.4 is 0 Å². The van der Waals surface area contributed by atoms with Gasteiger partial charge in [0.05, 0.1) is 10.7 Å². The second kappa shape index (κ2) is 5.75. The highest BCUT2D eigenvalue weighted by molar-refractivity contribution is 7.14. The van der Waals surface area contributed by atoms with Crippen molar-refractivity contribution in [2.45, 2.75) is 38.0 Å². The van der Waals surface area contributed by atoms with Crippen molar-refractivity contribution >= 4 is 17.3 Å². The molecule has 20 heavy (non-hydrogen) atoms. The Morgan fingerprint density at radius 1 is 1.15 bits per heavy atom. The van der Waals surface area contributed by atoms with Crippen molar-refractivity contribution in [1.29, 1.82) is 0 Å². The van der Waals surface area contributed by atoms with Crippen molar-refractivity contribution in [3.05, 3.63) is 40.2 Å². The Morgan fingerprint density at radius 3 is 2.50 bits per heavy atom. The number of carbonyl (C=O) groups is 1. The SMILES string of the molecule is O=C(O)c1sc(C2CCCCC2)nc1-c1ccccc1. The van der Waals surface area contributed by atoms with Crippen molar-refractivity contribution in [1.82, 2.24) is 4.98 Å². The van der Waals surface area contributed by atoms with E-state index in [9.17, 15) is 9.90 Å². The molecule has 1 aromatic carbocycles. The molecule has 104 valence electrons. The molecule has 3 rings (SSSR count). The Balaban J connectivity index is 2.00. The maximum absolute atomic E-state index is 11.5. The zero-order chi connectivity index (χ0) is 13.9. The van der Waals surface area contributed by atoms with E-state index in [1.165, 1.54) is 30.6 Å². The van der Waals surface area contributed by atoms with Gasteiger partial charge in [-0.25, -0.2) is 9.78 Å². The topological polar surface area (TPSA) is 50.2 Å². The average Bonchev–Trinajstić information content (AvgIpc) is 2.94. The molecule has 1 aliphatic carbocycles. The Kier molecular flexibility index (Phi) is 3.83. The first-order valence-electron chi connectivity index (χ1n) is 7.05. The zero-order valence-corrected chi connectivity index (χ0v) is 12.0. The monoisotopic (exact) mass is 287 g/mol. The van der Waals surface area contributed by atoms with E-state index in [1.54, 1.807) is 0 Å². The maximum Gasteiger partial charge on any atom is 0.348 e. The largest absolute Gasteiger partial charge is 0.477 e. The smallest absolute Gasteiger partial charge is 0.348 e. The number of thiazole rings is 1. The van der Waals surface area contributed by atoms with Crippen LogP contribution in [0.1, 0.15) is 52.7 Å². The lowest BCUT2D eigenvalue weighted by molar-refractivity contribution is 0.0702. The highest BCUT2D eigenvalue weighted by Crippen LogP contribution is 2.38. The van der Waals surface area contributed by atoms with Crippen molar-refractivity contribution in [2.75, 3.05) is 0 Å². The maximum atomic E-state index is 11.5. The lowest BCUT2D eigenvalue weighted by Crippen LogP contribution is -2.03. The summed E-state index contributed by atoms with van der Waals surface area (Å²) in [5.74, 6) is -0.423. The van der Waals surface area contributed by atoms with Crippen LogP contribution in [0.4, 0.5) is 0 Å². The summed E-state index contributed by atoms with van der Waals surface area (Å²) in [5, 5.41) is 10.4. The highest BCUT2D eigenvalue weighted by Gasteiger charge is 2.24. The van der Waals surface area contributed by atoms with E-state index in [0.29, 0.717) is 16.5 Å². The molecule has 4 heteroatoms. The predicted octanol–water partition coefficient (Wildman–Crippen LogP) is 4.56. The van der Waals surface area contributed by atoms with Gasteiger partial charge in [-0.2, -0.15) is 0 Å². The summed E-state index contributed by atoms with van der Waals surface area (Å²) in [4.78, 5) is 16.5. The summed E-state index contributed by atoms with van der Waals surface area (Å²) < 4.78 is 0. The molecule has 1 heterocycles. The molecule has 0 atom stereocenters. The van der Waals surface area contributed by atoms with Crippen molar-refractivity contribution in [3.63, 3.8) is 0 Å². The molecule has 0 spiro atoms. The molecular formula is C16H17NO2S. The molecule has 1 saturated carbocycles. The van der Waals surface area contributed by atoms with E-state index >= 15 is 0 Å². The normalized spacial score (nSPS) is 16.2. The Hall–Kier alpha value is -1.68. The fourth-order valence-corrected chi connectivity index (χ4v) is 3.89. The van der Waals surface area contributed by atoms with Gasteiger partial charge >= 0.3 is 5.97 Å². The first-order valence-corrected chi connectivity index (χ1v) is 7.87. The number of carboxylic acid groups (broad SMARTS) is 1. The minimum atomic E-state index is -0.872. The van der Waals surface area contributed by atoms with Crippen LogP contribution in [0, 0.1) is 0 Å². The summed E-state index contributed by atoms with van der Waals surface area (Å²) in [6.07, 6.45) is 6.03. The van der Waals surface area contributed by atoms with E-state index in [1.807, 2.05) is 30.3 Å². The molecule has 0 bridgehead atoms. The molecule has 1 N–H and O–H groups in total. The molecule has 0 saturated heterocycles. The van der Waals surface area contributed by atoms with E-state index < -0.39 is 5.97 Å². The first-order chi connectivity index (χ1) is 9.75. The van der Waals surface area contributed by atoms with Crippen molar-refractivity contribution < 1.29 is 9.90 Å². The molecule has 0 radical (unpaired) electrons. The summed E-state index contributed by atoms with van der Waals surface area (Å²) in [5.41, 5.74) is 1.52. The standard InChI is InChI=1S/C16H17NO2S/c18-16(19)14-13(11-7-3-1-4-8-11)17-15(20-14)12-9-5-2-6-10-12/h1,3-4,7-8,12H,2,5-6,9-10H2,(H,18,19). The van der Waals surface area contributed by atoms with Gasteiger partial charge in [-0.15, -0.1) is 11.3 Å².